The average molecular weight is 522 g/mol. The molecule has 0 aliphatic carbocycles. The van der Waals surface area contributed by atoms with Crippen LogP contribution in [0.4, 0.5) is 5.82 Å². The number of nitrogens with zero attached hydrogens (tertiary/aromatic N) is 6. The molecule has 0 atom stereocenters. The third kappa shape index (κ3) is 5.06. The molecule has 4 aromatic rings. The molecular formula is C30H31N7O2. The third-order valence-corrected chi connectivity index (χ3v) is 7.34. The van der Waals surface area contributed by atoms with Crippen LogP contribution in [0.25, 0.3) is 33.8 Å². The Labute approximate surface area is 227 Å². The number of aromatic nitrogens is 4. The van der Waals surface area contributed by atoms with Crippen molar-refractivity contribution in [1.82, 2.24) is 29.3 Å². The molecule has 9 heteroatoms. The summed E-state index contributed by atoms with van der Waals surface area (Å²) in [6.07, 6.45) is 6.00. The molecular weight excluding hydrogens is 490 g/mol. The van der Waals surface area contributed by atoms with Crippen molar-refractivity contribution in [2.24, 2.45) is 0 Å². The van der Waals surface area contributed by atoms with Gasteiger partial charge in [-0.05, 0) is 60.0 Å². The van der Waals surface area contributed by atoms with E-state index in [9.17, 15) is 4.79 Å². The van der Waals surface area contributed by atoms with Crippen LogP contribution in [0.1, 0.15) is 17.7 Å². The standard InChI is InChI=1S/C30H31N7O2/c1-2-27(38)36-16-14-35(15-17-36)20-21-5-7-23(8-6-21)37-29(24-4-3-13-32-28(24)31)34-26-10-9-25(33-30(26)37)22-11-18-39-19-12-22/h2-11,13H,1,12,14-20H2,(H2,31,32). The molecule has 6 rings (SSSR count). The van der Waals surface area contributed by atoms with Gasteiger partial charge >= 0.3 is 0 Å². The second-order valence-corrected chi connectivity index (χ2v) is 9.77. The summed E-state index contributed by atoms with van der Waals surface area (Å²) in [6, 6.07) is 16.3. The maximum absolute atomic E-state index is 11.9. The fraction of sp³-hybridized carbons (Fsp3) is 0.267. The molecule has 0 spiro atoms. The van der Waals surface area contributed by atoms with Gasteiger partial charge in [-0.15, -0.1) is 0 Å². The van der Waals surface area contributed by atoms with Crippen molar-refractivity contribution < 1.29 is 9.53 Å². The molecule has 0 bridgehead atoms. The first kappa shape index (κ1) is 25.0. The number of carbonyl (C=O) groups is 1. The first-order chi connectivity index (χ1) is 19.1. The van der Waals surface area contributed by atoms with Gasteiger partial charge in [0.2, 0.25) is 5.91 Å². The van der Waals surface area contributed by atoms with Gasteiger partial charge in [0.1, 0.15) is 11.3 Å². The normalized spacial score (nSPS) is 16.3. The van der Waals surface area contributed by atoms with Crippen molar-refractivity contribution in [3.05, 3.63) is 84.7 Å². The minimum absolute atomic E-state index is 0.00139. The summed E-state index contributed by atoms with van der Waals surface area (Å²) in [5.41, 5.74) is 12.9. The number of nitrogen functional groups attached to an aromatic ring is 1. The molecule has 5 heterocycles. The quantitative estimate of drug-likeness (QED) is 0.386. The van der Waals surface area contributed by atoms with Crippen LogP contribution in [-0.4, -0.2) is 74.6 Å². The van der Waals surface area contributed by atoms with E-state index >= 15 is 0 Å². The highest BCUT2D eigenvalue weighted by Gasteiger charge is 2.21. The molecule has 3 aromatic heterocycles. The van der Waals surface area contributed by atoms with E-state index in [1.807, 2.05) is 29.2 Å². The lowest BCUT2D eigenvalue weighted by atomic mass is 10.1. The molecule has 9 nitrogen and oxygen atoms in total. The number of benzene rings is 1. The fourth-order valence-electron chi connectivity index (χ4n) is 5.19. The van der Waals surface area contributed by atoms with Crippen LogP contribution < -0.4 is 5.73 Å². The van der Waals surface area contributed by atoms with E-state index in [1.54, 1.807) is 6.20 Å². The van der Waals surface area contributed by atoms with Crippen LogP contribution in [0.3, 0.4) is 0 Å². The van der Waals surface area contributed by atoms with E-state index in [0.717, 1.165) is 67.3 Å². The third-order valence-electron chi connectivity index (χ3n) is 7.34. The first-order valence-corrected chi connectivity index (χ1v) is 13.2. The highest BCUT2D eigenvalue weighted by Crippen LogP contribution is 2.32. The second kappa shape index (κ2) is 10.8. The molecule has 2 aliphatic heterocycles. The maximum atomic E-state index is 11.9. The minimum Gasteiger partial charge on any atom is -0.383 e. The Morgan fingerprint density at radius 1 is 1.05 bits per heavy atom. The van der Waals surface area contributed by atoms with Gasteiger partial charge in [-0.3, -0.25) is 14.3 Å². The summed E-state index contributed by atoms with van der Waals surface area (Å²) in [6.45, 7) is 8.83. The van der Waals surface area contributed by atoms with Crippen LogP contribution >= 0.6 is 0 Å². The summed E-state index contributed by atoms with van der Waals surface area (Å²) >= 11 is 0. The van der Waals surface area contributed by atoms with Gasteiger partial charge in [-0.2, -0.15) is 0 Å². The first-order valence-electron chi connectivity index (χ1n) is 13.2. The lowest BCUT2D eigenvalue weighted by Gasteiger charge is -2.34. The number of nitrogens with two attached hydrogens (primary N) is 1. The SMILES string of the molecule is C=CC(=O)N1CCN(Cc2ccc(-n3c(-c4cccnc4N)nc4ccc(C5=CCOCC5)nc43)cc2)CC1. The molecule has 1 saturated heterocycles. The molecule has 1 amide bonds. The monoisotopic (exact) mass is 521 g/mol. The predicted octanol–water partition coefficient (Wildman–Crippen LogP) is 3.70. The van der Waals surface area contributed by atoms with Crippen LogP contribution in [0.15, 0.2) is 73.5 Å². The molecule has 2 N–H and O–H groups in total. The molecule has 0 unspecified atom stereocenters. The number of hydrogen-bond donors (Lipinski definition) is 1. The lowest BCUT2D eigenvalue weighted by molar-refractivity contribution is -0.127. The van der Waals surface area contributed by atoms with E-state index in [0.29, 0.717) is 24.9 Å². The van der Waals surface area contributed by atoms with Gasteiger partial charge in [0, 0.05) is 44.6 Å². The maximum Gasteiger partial charge on any atom is 0.246 e. The number of hydrogen-bond acceptors (Lipinski definition) is 7. The van der Waals surface area contributed by atoms with Gasteiger partial charge in [-0.1, -0.05) is 24.8 Å². The fourth-order valence-corrected chi connectivity index (χ4v) is 5.19. The van der Waals surface area contributed by atoms with Gasteiger partial charge in [0.25, 0.3) is 0 Å². The van der Waals surface area contributed by atoms with Crippen molar-refractivity contribution in [3.8, 4) is 17.1 Å². The average Bonchev–Trinajstić information content (AvgIpc) is 3.37. The number of piperazine rings is 1. The van der Waals surface area contributed by atoms with E-state index < -0.39 is 0 Å². The van der Waals surface area contributed by atoms with Crippen molar-refractivity contribution >= 4 is 28.5 Å². The Morgan fingerprint density at radius 2 is 1.87 bits per heavy atom. The van der Waals surface area contributed by atoms with Gasteiger partial charge in [-0.25, -0.2) is 15.0 Å². The van der Waals surface area contributed by atoms with E-state index in [2.05, 4.69) is 51.4 Å². The topological polar surface area (TPSA) is 102 Å². The Bertz CT molecular complexity index is 1550. The number of rotatable bonds is 6. The van der Waals surface area contributed by atoms with Gasteiger partial charge < -0.3 is 15.4 Å². The molecule has 0 saturated carbocycles. The molecule has 0 radical (unpaired) electrons. The number of ether oxygens (including phenoxy) is 1. The summed E-state index contributed by atoms with van der Waals surface area (Å²) in [5, 5.41) is 0. The largest absolute Gasteiger partial charge is 0.383 e. The Morgan fingerprint density at radius 3 is 2.59 bits per heavy atom. The van der Waals surface area contributed by atoms with E-state index in [1.165, 1.54) is 17.2 Å². The Balaban J connectivity index is 1.34. The van der Waals surface area contributed by atoms with Crippen LogP contribution in [-0.2, 0) is 16.1 Å². The van der Waals surface area contributed by atoms with Crippen LogP contribution in [0, 0.1) is 0 Å². The number of fused-ring (bicyclic) bond motifs is 1. The predicted molar refractivity (Wildman–Crippen MR) is 152 cm³/mol. The zero-order chi connectivity index (χ0) is 26.8. The van der Waals surface area contributed by atoms with Crippen molar-refractivity contribution in [3.63, 3.8) is 0 Å². The summed E-state index contributed by atoms with van der Waals surface area (Å²) in [5.74, 6) is 1.13. The number of amides is 1. The highest BCUT2D eigenvalue weighted by molar-refractivity contribution is 5.87. The summed E-state index contributed by atoms with van der Waals surface area (Å²) < 4.78 is 7.56. The van der Waals surface area contributed by atoms with Crippen molar-refractivity contribution in [2.75, 3.05) is 45.1 Å². The lowest BCUT2D eigenvalue weighted by Crippen LogP contribution is -2.47. The number of anilines is 1. The van der Waals surface area contributed by atoms with Crippen molar-refractivity contribution in [1.29, 1.82) is 0 Å². The molecule has 198 valence electrons. The van der Waals surface area contributed by atoms with Gasteiger partial charge in [0.05, 0.1) is 24.5 Å². The highest BCUT2D eigenvalue weighted by atomic mass is 16.5. The Kier molecular flexibility index (Phi) is 6.91. The van der Waals surface area contributed by atoms with Crippen LogP contribution in [0.2, 0.25) is 0 Å². The number of pyridine rings is 2. The zero-order valence-corrected chi connectivity index (χ0v) is 21.8. The van der Waals surface area contributed by atoms with Gasteiger partial charge in [0.15, 0.2) is 11.5 Å². The number of carbonyl (C=O) groups excluding carboxylic acids is 1. The smallest absolute Gasteiger partial charge is 0.246 e. The second-order valence-electron chi connectivity index (χ2n) is 9.77. The van der Waals surface area contributed by atoms with E-state index in [4.69, 9.17) is 20.4 Å². The molecule has 39 heavy (non-hydrogen) atoms. The molecule has 1 fully saturated rings. The van der Waals surface area contributed by atoms with Crippen molar-refractivity contribution in [2.45, 2.75) is 13.0 Å². The minimum atomic E-state index is 0.00139. The van der Waals surface area contributed by atoms with E-state index in [-0.39, 0.29) is 5.91 Å². The number of imidazole rings is 1. The Hall–Kier alpha value is -4.34. The molecule has 1 aromatic carbocycles. The zero-order valence-electron chi connectivity index (χ0n) is 21.8. The molecule has 2 aliphatic rings. The summed E-state index contributed by atoms with van der Waals surface area (Å²) in [4.78, 5) is 30.4. The summed E-state index contributed by atoms with van der Waals surface area (Å²) in [7, 11) is 0. The van der Waals surface area contributed by atoms with Crippen LogP contribution in [0.5, 0.6) is 0 Å².